The molecule has 5 rings (SSSR count). The minimum Gasteiger partial charge on any atom is -0.497 e. The Labute approximate surface area is 203 Å². The minimum atomic E-state index is -2.93. The molecule has 0 bridgehead atoms. The molecule has 2 aromatic heterocycles. The fraction of sp³-hybridized carbons (Fsp3) is 0.240. The number of nitrogens with one attached hydrogen (secondary N) is 4. The third-order valence-corrected chi connectivity index (χ3v) is 6.11. The molecule has 1 unspecified atom stereocenters. The molecular formula is C25H23F3N6O2. The fourth-order valence-corrected chi connectivity index (χ4v) is 4.33. The zero-order valence-corrected chi connectivity index (χ0v) is 19.2. The number of halogens is 3. The van der Waals surface area contributed by atoms with Crippen molar-refractivity contribution < 1.29 is 17.9 Å². The minimum absolute atomic E-state index is 0.110. The first kappa shape index (κ1) is 23.6. The average Bonchev–Trinajstić information content (AvgIpc) is 2.85. The SMILES string of the molecule is COc1ccc(C2CCNCC2(F)F)c(Nc2nccc(Nc3cc4cccc(F)c4[nH]c3=O)n2)c1. The van der Waals surface area contributed by atoms with Crippen LogP contribution < -0.4 is 26.2 Å². The van der Waals surface area contributed by atoms with Gasteiger partial charge in [0.05, 0.1) is 25.1 Å². The van der Waals surface area contributed by atoms with Gasteiger partial charge in [-0.05, 0) is 42.8 Å². The molecule has 0 saturated carbocycles. The first-order valence-corrected chi connectivity index (χ1v) is 11.3. The number of rotatable bonds is 6. The van der Waals surface area contributed by atoms with Crippen molar-refractivity contribution in [1.82, 2.24) is 20.3 Å². The maximum Gasteiger partial charge on any atom is 0.272 e. The Bertz CT molecular complexity index is 1480. The molecular weight excluding hydrogens is 473 g/mol. The van der Waals surface area contributed by atoms with Crippen molar-refractivity contribution in [2.45, 2.75) is 18.3 Å². The number of fused-ring (bicyclic) bond motifs is 1. The van der Waals surface area contributed by atoms with E-state index in [1.165, 1.54) is 25.4 Å². The second kappa shape index (κ2) is 9.50. The fourth-order valence-electron chi connectivity index (χ4n) is 4.33. The van der Waals surface area contributed by atoms with E-state index in [1.54, 1.807) is 36.4 Å². The Kier molecular flexibility index (Phi) is 6.23. The normalized spacial score (nSPS) is 17.1. The Morgan fingerprint density at radius 1 is 1.11 bits per heavy atom. The molecule has 4 N–H and O–H groups in total. The average molecular weight is 496 g/mol. The van der Waals surface area contributed by atoms with Crippen molar-refractivity contribution >= 4 is 34.0 Å². The van der Waals surface area contributed by atoms with Crippen LogP contribution in [0, 0.1) is 5.82 Å². The molecule has 3 heterocycles. The summed E-state index contributed by atoms with van der Waals surface area (Å²) in [5.41, 5.74) is 0.575. The van der Waals surface area contributed by atoms with Gasteiger partial charge in [-0.25, -0.2) is 18.2 Å². The zero-order chi connectivity index (χ0) is 25.3. The molecule has 1 aliphatic rings. The number of para-hydroxylation sites is 1. The number of piperidine rings is 1. The van der Waals surface area contributed by atoms with E-state index in [2.05, 4.69) is 30.9 Å². The highest BCUT2D eigenvalue weighted by Crippen LogP contribution is 2.42. The Hall–Kier alpha value is -4.12. The van der Waals surface area contributed by atoms with Crippen molar-refractivity contribution in [3.05, 3.63) is 76.5 Å². The van der Waals surface area contributed by atoms with Crippen LogP contribution in [0.4, 0.5) is 36.3 Å². The number of benzene rings is 2. The first-order chi connectivity index (χ1) is 17.3. The third kappa shape index (κ3) is 4.69. The van der Waals surface area contributed by atoms with Crippen molar-refractivity contribution in [2.75, 3.05) is 30.8 Å². The lowest BCUT2D eigenvalue weighted by molar-refractivity contribution is -0.0418. The summed E-state index contributed by atoms with van der Waals surface area (Å²) in [4.78, 5) is 23.6. The van der Waals surface area contributed by atoms with Crippen LogP contribution in [0.5, 0.6) is 5.75 Å². The lowest BCUT2D eigenvalue weighted by Crippen LogP contribution is -2.44. The van der Waals surface area contributed by atoms with E-state index in [0.717, 1.165) is 0 Å². The zero-order valence-electron chi connectivity index (χ0n) is 19.2. The highest BCUT2D eigenvalue weighted by Gasteiger charge is 2.43. The number of H-pyrrole nitrogens is 1. The molecule has 1 atom stereocenters. The van der Waals surface area contributed by atoms with E-state index < -0.39 is 29.8 Å². The molecule has 0 radical (unpaired) electrons. The predicted octanol–water partition coefficient (Wildman–Crippen LogP) is 4.67. The second-order valence-electron chi connectivity index (χ2n) is 8.46. The summed E-state index contributed by atoms with van der Waals surface area (Å²) < 4.78 is 48.7. The van der Waals surface area contributed by atoms with Crippen molar-refractivity contribution in [2.24, 2.45) is 0 Å². The van der Waals surface area contributed by atoms with E-state index >= 15 is 0 Å². The van der Waals surface area contributed by atoms with E-state index in [1.807, 2.05) is 0 Å². The van der Waals surface area contributed by atoms with Gasteiger partial charge in [0.2, 0.25) is 5.95 Å². The summed E-state index contributed by atoms with van der Waals surface area (Å²) in [6.07, 6.45) is 1.73. The first-order valence-electron chi connectivity index (χ1n) is 11.3. The highest BCUT2D eigenvalue weighted by molar-refractivity contribution is 5.82. The molecule has 11 heteroatoms. The number of alkyl halides is 2. The Morgan fingerprint density at radius 2 is 1.97 bits per heavy atom. The summed E-state index contributed by atoms with van der Waals surface area (Å²) >= 11 is 0. The van der Waals surface area contributed by atoms with E-state index in [4.69, 9.17) is 4.74 Å². The van der Waals surface area contributed by atoms with Gasteiger partial charge in [-0.2, -0.15) is 4.98 Å². The van der Waals surface area contributed by atoms with Gasteiger partial charge in [-0.3, -0.25) is 4.79 Å². The molecule has 186 valence electrons. The van der Waals surface area contributed by atoms with Crippen LogP contribution in [0.25, 0.3) is 10.9 Å². The van der Waals surface area contributed by atoms with Crippen LogP contribution >= 0.6 is 0 Å². The summed E-state index contributed by atoms with van der Waals surface area (Å²) in [6.45, 7) is 0.0785. The summed E-state index contributed by atoms with van der Waals surface area (Å²) in [7, 11) is 1.49. The molecule has 1 fully saturated rings. The number of nitrogens with zero attached hydrogens (tertiary/aromatic N) is 2. The molecule has 0 spiro atoms. The van der Waals surface area contributed by atoms with Gasteiger partial charge in [-0.15, -0.1) is 0 Å². The molecule has 0 aliphatic carbocycles. The van der Waals surface area contributed by atoms with Crippen LogP contribution in [0.15, 0.2) is 59.5 Å². The van der Waals surface area contributed by atoms with Gasteiger partial charge < -0.3 is 25.7 Å². The van der Waals surface area contributed by atoms with Crippen LogP contribution in [-0.2, 0) is 0 Å². The van der Waals surface area contributed by atoms with Gasteiger partial charge >= 0.3 is 0 Å². The summed E-state index contributed by atoms with van der Waals surface area (Å²) in [6, 6.07) is 12.4. The van der Waals surface area contributed by atoms with Crippen LogP contribution in [-0.4, -0.2) is 41.1 Å². The number of pyridine rings is 1. The van der Waals surface area contributed by atoms with Crippen molar-refractivity contribution in [3.8, 4) is 5.75 Å². The van der Waals surface area contributed by atoms with Gasteiger partial charge in [-0.1, -0.05) is 18.2 Å². The van der Waals surface area contributed by atoms with Crippen LogP contribution in [0.3, 0.4) is 0 Å². The predicted molar refractivity (Wildman–Crippen MR) is 131 cm³/mol. The van der Waals surface area contributed by atoms with Crippen LogP contribution in [0.2, 0.25) is 0 Å². The molecule has 0 amide bonds. The number of methoxy groups -OCH3 is 1. The van der Waals surface area contributed by atoms with Crippen molar-refractivity contribution in [1.29, 1.82) is 0 Å². The molecule has 2 aromatic carbocycles. The quantitative estimate of drug-likeness (QED) is 0.308. The summed E-state index contributed by atoms with van der Waals surface area (Å²) in [5, 5.41) is 9.19. The number of ether oxygens (including phenoxy) is 1. The Morgan fingerprint density at radius 3 is 2.78 bits per heavy atom. The number of aromatic amines is 1. The maximum absolute atomic E-state index is 14.7. The lowest BCUT2D eigenvalue weighted by atomic mass is 9.86. The smallest absolute Gasteiger partial charge is 0.272 e. The molecule has 8 nitrogen and oxygen atoms in total. The largest absolute Gasteiger partial charge is 0.497 e. The van der Waals surface area contributed by atoms with Crippen LogP contribution in [0.1, 0.15) is 17.9 Å². The molecule has 1 aliphatic heterocycles. The monoisotopic (exact) mass is 496 g/mol. The van der Waals surface area contributed by atoms with Gasteiger partial charge in [0.25, 0.3) is 11.5 Å². The topological polar surface area (TPSA) is 104 Å². The van der Waals surface area contributed by atoms with E-state index in [9.17, 15) is 18.0 Å². The standard InChI is InChI=1S/C25H23F3N6O2/c1-36-15-5-6-16(17-7-9-29-13-25(17,27)28)19(12-15)32-24-30-10-8-21(33-24)31-20-11-14-3-2-4-18(26)22(14)34-23(20)35/h2-6,8,10-12,17,29H,7,9,13H2,1H3,(H,34,35)(H2,30,31,32,33). The number of hydrogen-bond donors (Lipinski definition) is 4. The maximum atomic E-state index is 14.7. The third-order valence-electron chi connectivity index (χ3n) is 6.11. The number of anilines is 4. The van der Waals surface area contributed by atoms with Gasteiger partial charge in [0.1, 0.15) is 23.1 Å². The van der Waals surface area contributed by atoms with Gasteiger partial charge in [0.15, 0.2) is 0 Å². The molecule has 4 aromatic rings. The van der Waals surface area contributed by atoms with Gasteiger partial charge in [0, 0.05) is 23.3 Å². The number of aromatic nitrogens is 3. The molecule has 1 saturated heterocycles. The Balaban J connectivity index is 1.45. The van der Waals surface area contributed by atoms with E-state index in [-0.39, 0.29) is 29.4 Å². The highest BCUT2D eigenvalue weighted by atomic mass is 19.3. The molecule has 36 heavy (non-hydrogen) atoms. The van der Waals surface area contributed by atoms with E-state index in [0.29, 0.717) is 28.9 Å². The summed E-state index contributed by atoms with van der Waals surface area (Å²) in [5.74, 6) is -3.55. The lowest BCUT2D eigenvalue weighted by Gasteiger charge is -2.33. The van der Waals surface area contributed by atoms with Crippen molar-refractivity contribution in [3.63, 3.8) is 0 Å². The second-order valence-corrected chi connectivity index (χ2v) is 8.46. The number of hydrogen-bond acceptors (Lipinski definition) is 7.